The first-order chi connectivity index (χ1) is 8.09. The molecule has 0 saturated carbocycles. The predicted molar refractivity (Wildman–Crippen MR) is 66.4 cm³/mol. The average molecular weight is 253 g/mol. The van der Waals surface area contributed by atoms with Gasteiger partial charge in [0.05, 0.1) is 6.04 Å². The molecule has 1 atom stereocenters. The molecule has 1 aromatic heterocycles. The smallest absolute Gasteiger partial charge is 0.246 e. The van der Waals surface area contributed by atoms with Crippen molar-refractivity contribution in [1.82, 2.24) is 10.2 Å². The highest BCUT2D eigenvalue weighted by Crippen LogP contribution is 2.19. The lowest BCUT2D eigenvalue weighted by molar-refractivity contribution is -0.148. The Hall–Kier alpha value is -1.40. The molecule has 1 aliphatic rings. The van der Waals surface area contributed by atoms with E-state index in [-0.39, 0.29) is 17.9 Å². The third-order valence-electron chi connectivity index (χ3n) is 2.94. The SMILES string of the molecule is CN1C(=O)CCC(NCc2sccc2N)C1=O. The van der Waals surface area contributed by atoms with Crippen LogP contribution in [0.1, 0.15) is 17.7 Å². The number of likely N-dealkylation sites (tertiary alicyclic amines) is 1. The summed E-state index contributed by atoms with van der Waals surface area (Å²) in [7, 11) is 1.53. The van der Waals surface area contributed by atoms with Gasteiger partial charge in [-0.25, -0.2) is 0 Å². The summed E-state index contributed by atoms with van der Waals surface area (Å²) in [4.78, 5) is 25.3. The Kier molecular flexibility index (Phi) is 3.44. The maximum absolute atomic E-state index is 11.8. The molecular formula is C11H15N3O2S. The van der Waals surface area contributed by atoms with E-state index in [2.05, 4.69) is 5.32 Å². The summed E-state index contributed by atoms with van der Waals surface area (Å²) in [6, 6.07) is 1.57. The first-order valence-corrected chi connectivity index (χ1v) is 6.33. The van der Waals surface area contributed by atoms with Crippen LogP contribution < -0.4 is 11.1 Å². The van der Waals surface area contributed by atoms with Gasteiger partial charge in [0.2, 0.25) is 11.8 Å². The van der Waals surface area contributed by atoms with Gasteiger partial charge in [0.1, 0.15) is 0 Å². The van der Waals surface area contributed by atoms with Crippen LogP contribution in [0, 0.1) is 0 Å². The molecule has 1 aliphatic heterocycles. The fraction of sp³-hybridized carbons (Fsp3) is 0.455. The first-order valence-electron chi connectivity index (χ1n) is 5.45. The van der Waals surface area contributed by atoms with Gasteiger partial charge in [-0.2, -0.15) is 0 Å². The third-order valence-corrected chi connectivity index (χ3v) is 3.88. The monoisotopic (exact) mass is 253 g/mol. The largest absolute Gasteiger partial charge is 0.398 e. The fourth-order valence-electron chi connectivity index (χ4n) is 1.82. The summed E-state index contributed by atoms with van der Waals surface area (Å²) in [6.07, 6.45) is 0.979. The number of nitrogens with two attached hydrogens (primary N) is 1. The highest BCUT2D eigenvalue weighted by molar-refractivity contribution is 7.10. The summed E-state index contributed by atoms with van der Waals surface area (Å²) < 4.78 is 0. The number of imide groups is 1. The van der Waals surface area contributed by atoms with E-state index in [4.69, 9.17) is 5.73 Å². The van der Waals surface area contributed by atoms with Gasteiger partial charge in [0.15, 0.2) is 0 Å². The van der Waals surface area contributed by atoms with Gasteiger partial charge in [-0.05, 0) is 17.9 Å². The Morgan fingerprint density at radius 2 is 2.35 bits per heavy atom. The minimum Gasteiger partial charge on any atom is -0.398 e. The van der Waals surface area contributed by atoms with Gasteiger partial charge < -0.3 is 11.1 Å². The normalized spacial score (nSPS) is 21.0. The number of carbonyl (C=O) groups is 2. The van der Waals surface area contributed by atoms with Crippen molar-refractivity contribution >= 4 is 28.8 Å². The van der Waals surface area contributed by atoms with Crippen LogP contribution in [0.4, 0.5) is 5.69 Å². The van der Waals surface area contributed by atoms with E-state index >= 15 is 0 Å². The molecule has 0 bridgehead atoms. The van der Waals surface area contributed by atoms with Crippen molar-refractivity contribution < 1.29 is 9.59 Å². The minimum atomic E-state index is -0.279. The first kappa shape index (κ1) is 12.1. The Balaban J connectivity index is 1.94. The zero-order valence-corrected chi connectivity index (χ0v) is 10.4. The number of amides is 2. The Labute approximate surface area is 104 Å². The number of hydrogen-bond donors (Lipinski definition) is 2. The van der Waals surface area contributed by atoms with Crippen molar-refractivity contribution in [3.05, 3.63) is 16.3 Å². The molecule has 0 aliphatic carbocycles. The molecule has 3 N–H and O–H groups in total. The molecule has 5 nitrogen and oxygen atoms in total. The number of rotatable bonds is 3. The van der Waals surface area contributed by atoms with Gasteiger partial charge >= 0.3 is 0 Å². The molecule has 2 heterocycles. The van der Waals surface area contributed by atoms with Crippen LogP contribution in [-0.2, 0) is 16.1 Å². The van der Waals surface area contributed by atoms with Crippen LogP contribution >= 0.6 is 11.3 Å². The van der Waals surface area contributed by atoms with E-state index in [9.17, 15) is 9.59 Å². The van der Waals surface area contributed by atoms with Crippen LogP contribution in [0.5, 0.6) is 0 Å². The number of carbonyl (C=O) groups excluding carboxylic acids is 2. The van der Waals surface area contributed by atoms with Crippen molar-refractivity contribution in [2.75, 3.05) is 12.8 Å². The maximum atomic E-state index is 11.8. The number of nitrogen functional groups attached to an aromatic ring is 1. The van der Waals surface area contributed by atoms with Crippen LogP contribution in [0.2, 0.25) is 0 Å². The number of thiophene rings is 1. The zero-order chi connectivity index (χ0) is 12.4. The van der Waals surface area contributed by atoms with Crippen LogP contribution in [-0.4, -0.2) is 29.8 Å². The number of nitrogens with zero attached hydrogens (tertiary/aromatic N) is 1. The van der Waals surface area contributed by atoms with Crippen molar-refractivity contribution in [1.29, 1.82) is 0 Å². The molecule has 0 spiro atoms. The lowest BCUT2D eigenvalue weighted by Crippen LogP contribution is -2.51. The number of anilines is 1. The molecule has 6 heteroatoms. The molecule has 1 aromatic rings. The highest BCUT2D eigenvalue weighted by Gasteiger charge is 2.31. The Morgan fingerprint density at radius 1 is 1.59 bits per heavy atom. The zero-order valence-electron chi connectivity index (χ0n) is 9.60. The number of nitrogens with one attached hydrogen (secondary N) is 1. The van der Waals surface area contributed by atoms with Gasteiger partial charge in [-0.1, -0.05) is 0 Å². The highest BCUT2D eigenvalue weighted by atomic mass is 32.1. The molecule has 2 amide bonds. The second-order valence-corrected chi connectivity index (χ2v) is 5.06. The second kappa shape index (κ2) is 4.85. The van der Waals surface area contributed by atoms with Crippen molar-refractivity contribution in [3.63, 3.8) is 0 Å². The van der Waals surface area contributed by atoms with Crippen molar-refractivity contribution in [3.8, 4) is 0 Å². The van der Waals surface area contributed by atoms with Crippen LogP contribution in [0.3, 0.4) is 0 Å². The second-order valence-electron chi connectivity index (χ2n) is 4.06. The van der Waals surface area contributed by atoms with E-state index in [1.165, 1.54) is 11.9 Å². The molecular weight excluding hydrogens is 238 g/mol. The molecule has 92 valence electrons. The van der Waals surface area contributed by atoms with Gasteiger partial charge in [0, 0.05) is 30.6 Å². The molecule has 17 heavy (non-hydrogen) atoms. The van der Waals surface area contributed by atoms with Crippen molar-refractivity contribution in [2.24, 2.45) is 0 Å². The van der Waals surface area contributed by atoms with E-state index in [0.717, 1.165) is 10.6 Å². The molecule has 2 rings (SSSR count). The number of likely N-dealkylation sites (N-methyl/N-ethyl adjacent to an activating group) is 1. The van der Waals surface area contributed by atoms with Gasteiger partial charge in [0.25, 0.3) is 0 Å². The van der Waals surface area contributed by atoms with E-state index < -0.39 is 0 Å². The number of piperidine rings is 1. The quantitative estimate of drug-likeness (QED) is 0.772. The molecule has 0 aromatic carbocycles. The third kappa shape index (κ3) is 2.48. The predicted octanol–water partition coefficient (Wildman–Crippen LogP) is 0.567. The molecule has 1 fully saturated rings. The summed E-state index contributed by atoms with van der Waals surface area (Å²) in [5.74, 6) is -0.264. The Morgan fingerprint density at radius 3 is 3.00 bits per heavy atom. The minimum absolute atomic E-state index is 0.108. The lowest BCUT2D eigenvalue weighted by atomic mass is 10.0. The topological polar surface area (TPSA) is 75.4 Å². The molecule has 1 saturated heterocycles. The van der Waals surface area contributed by atoms with Gasteiger partial charge in [-0.3, -0.25) is 14.5 Å². The summed E-state index contributed by atoms with van der Waals surface area (Å²) in [5, 5.41) is 5.07. The average Bonchev–Trinajstić information content (AvgIpc) is 2.71. The summed E-state index contributed by atoms with van der Waals surface area (Å²) >= 11 is 1.56. The number of hydrogen-bond acceptors (Lipinski definition) is 5. The van der Waals surface area contributed by atoms with E-state index in [1.807, 2.05) is 11.4 Å². The van der Waals surface area contributed by atoms with Gasteiger partial charge in [-0.15, -0.1) is 11.3 Å². The molecule has 1 unspecified atom stereocenters. The van der Waals surface area contributed by atoms with Crippen LogP contribution in [0.15, 0.2) is 11.4 Å². The fourth-order valence-corrected chi connectivity index (χ4v) is 2.56. The summed E-state index contributed by atoms with van der Waals surface area (Å²) in [5.41, 5.74) is 6.51. The molecule has 0 radical (unpaired) electrons. The standard InChI is InChI=1S/C11H15N3O2S/c1-14-10(15)3-2-8(11(14)16)13-6-9-7(12)4-5-17-9/h4-5,8,13H,2-3,6,12H2,1H3. The maximum Gasteiger partial charge on any atom is 0.246 e. The van der Waals surface area contributed by atoms with E-state index in [1.54, 1.807) is 11.3 Å². The lowest BCUT2D eigenvalue weighted by Gasteiger charge is -2.28. The van der Waals surface area contributed by atoms with Crippen LogP contribution in [0.25, 0.3) is 0 Å². The summed E-state index contributed by atoms with van der Waals surface area (Å²) in [6.45, 7) is 0.571. The Bertz CT molecular complexity index is 444. The van der Waals surface area contributed by atoms with Crippen molar-refractivity contribution in [2.45, 2.75) is 25.4 Å². The van der Waals surface area contributed by atoms with E-state index in [0.29, 0.717) is 19.4 Å².